The fourth-order valence-corrected chi connectivity index (χ4v) is 9.94. The highest BCUT2D eigenvalue weighted by Crippen LogP contribution is 2.47. The molecular weight excluding hydrogens is 690 g/mol. The summed E-state index contributed by atoms with van der Waals surface area (Å²) in [6.07, 6.45) is 3.42. The van der Waals surface area contributed by atoms with Crippen LogP contribution < -0.4 is 0 Å². The first kappa shape index (κ1) is 39.9. The van der Waals surface area contributed by atoms with Crippen LogP contribution in [-0.2, 0) is 53.1 Å². The Bertz CT molecular complexity index is 1570. The molecule has 0 aliphatic rings. The Balaban J connectivity index is 0.000000407. The third kappa shape index (κ3) is 16.4. The second-order valence-electron chi connectivity index (χ2n) is 10.6. The van der Waals surface area contributed by atoms with Crippen LogP contribution in [0.25, 0.3) is 0 Å². The lowest BCUT2D eigenvalue weighted by Crippen LogP contribution is -2.07. The maximum Gasteiger partial charge on any atom is 0.303 e. The number of aliphatic carboxylic acids is 3. The molecule has 12 nitrogen and oxygen atoms in total. The minimum absolute atomic E-state index is 0.0229. The van der Waals surface area contributed by atoms with Gasteiger partial charge in [-0.3, -0.25) is 23.5 Å². The average molecular weight is 729 g/mol. The lowest BCUT2D eigenvalue weighted by molar-refractivity contribution is -0.137. The van der Waals surface area contributed by atoms with Crippen molar-refractivity contribution in [3.63, 3.8) is 0 Å². The van der Waals surface area contributed by atoms with Gasteiger partial charge in [0.15, 0.2) is 0 Å². The molecule has 0 radical (unpaired) electrons. The number of benzene rings is 3. The molecule has 0 unspecified atom stereocenters. The van der Waals surface area contributed by atoms with Crippen LogP contribution in [0.3, 0.4) is 0 Å². The van der Waals surface area contributed by atoms with E-state index in [-0.39, 0.29) is 29.1 Å². The smallest absolute Gasteiger partial charge is 0.303 e. The zero-order valence-corrected chi connectivity index (χ0v) is 29.0. The Morgan fingerprint density at radius 2 is 0.787 bits per heavy atom. The summed E-state index contributed by atoms with van der Waals surface area (Å²) >= 11 is 0. The predicted molar refractivity (Wildman–Crippen MR) is 180 cm³/mol. The minimum atomic E-state index is -4.23. The monoisotopic (exact) mass is 728 g/mol. The van der Waals surface area contributed by atoms with Crippen LogP contribution in [0.5, 0.6) is 0 Å². The molecule has 0 bridgehead atoms. The zero-order chi connectivity index (χ0) is 35.2. The summed E-state index contributed by atoms with van der Waals surface area (Å²) in [5, 5.41) is 25.5. The van der Waals surface area contributed by atoms with Gasteiger partial charge in [0.1, 0.15) is 0 Å². The van der Waals surface area contributed by atoms with Crippen LogP contribution in [0, 0.1) is 6.92 Å². The van der Waals surface area contributed by atoms with Crippen molar-refractivity contribution in [1.29, 1.82) is 0 Å². The van der Waals surface area contributed by atoms with E-state index in [9.17, 15) is 31.2 Å². The van der Waals surface area contributed by atoms with Gasteiger partial charge in [0.2, 0.25) is 0 Å². The highest BCUT2D eigenvalue weighted by molar-refractivity contribution is 7.86. The summed E-state index contributed by atoms with van der Waals surface area (Å²) in [5.74, 6) is -2.80. The lowest BCUT2D eigenvalue weighted by Gasteiger charge is -2.19. The van der Waals surface area contributed by atoms with Gasteiger partial charge < -0.3 is 15.3 Å². The number of rotatable bonds is 17. The summed E-state index contributed by atoms with van der Waals surface area (Å²) in [6, 6.07) is 20.7. The molecule has 3 aromatic rings. The van der Waals surface area contributed by atoms with E-state index < -0.39 is 54.0 Å². The molecule has 0 fully saturated rings. The third-order valence-corrected chi connectivity index (χ3v) is 13.4. The van der Waals surface area contributed by atoms with E-state index in [0.717, 1.165) is 29.6 Å². The fraction of sp³-hybridized carbons (Fsp3) is 0.323. The molecular formula is C31H38O12P2S2. The first-order chi connectivity index (χ1) is 21.9. The number of hydrogen-bond acceptors (Lipinski definition) is 7. The molecule has 0 aliphatic heterocycles. The first-order valence-electron chi connectivity index (χ1n) is 14.2. The van der Waals surface area contributed by atoms with Gasteiger partial charge in [-0.25, -0.2) is 0 Å². The number of carboxylic acids is 3. The standard InChI is InChI=1S/C22H23O6PS2.C9H15O6P/c1-17-2-4-18(5-3-17)14-29(15-19-6-10-21(11-7-19)30(23,24)25)16-20-8-12-22(13-9-20)31(26,27)28;10-7(11)1-4-16(5-2-8(12)13)6-3-9(14)15/h2-13H,14-16H2,1H3,(H,23,24,25)(H,26,27,28);1-6H2,(H,10,11)(H,12,13)(H,14,15). The van der Waals surface area contributed by atoms with Gasteiger partial charge in [0, 0.05) is 19.3 Å². The van der Waals surface area contributed by atoms with Crippen LogP contribution >= 0.6 is 15.8 Å². The van der Waals surface area contributed by atoms with Gasteiger partial charge in [-0.1, -0.05) is 62.0 Å². The zero-order valence-electron chi connectivity index (χ0n) is 25.6. The Hall–Kier alpha value is -3.25. The Kier molecular flexibility index (Phi) is 16.1. The van der Waals surface area contributed by atoms with Crippen molar-refractivity contribution in [3.05, 3.63) is 95.1 Å². The van der Waals surface area contributed by atoms with Crippen molar-refractivity contribution in [2.24, 2.45) is 0 Å². The lowest BCUT2D eigenvalue weighted by atomic mass is 10.2. The average Bonchev–Trinajstić information content (AvgIpc) is 2.97. The molecule has 16 heteroatoms. The largest absolute Gasteiger partial charge is 0.481 e. The number of carboxylic acid groups (broad SMARTS) is 3. The van der Waals surface area contributed by atoms with E-state index in [1.54, 1.807) is 24.3 Å². The number of carbonyl (C=O) groups is 3. The molecule has 0 spiro atoms. The second kappa shape index (κ2) is 18.9. The topological polar surface area (TPSA) is 221 Å². The normalized spacial score (nSPS) is 11.6. The van der Waals surface area contributed by atoms with Crippen LogP contribution in [-0.4, -0.2) is 77.7 Å². The molecule has 47 heavy (non-hydrogen) atoms. The number of hydrogen-bond donors (Lipinski definition) is 5. The quantitative estimate of drug-likeness (QED) is 0.0827. The molecule has 3 rings (SSSR count). The van der Waals surface area contributed by atoms with E-state index in [2.05, 4.69) is 24.3 Å². The number of aryl methyl sites for hydroxylation is 1. The SMILES string of the molecule is Cc1ccc(CP(Cc2ccc(S(=O)(=O)O)cc2)Cc2ccc(S(=O)(=O)O)cc2)cc1.O=C(O)CCP(CCC(=O)O)CCC(=O)O. The molecule has 0 aliphatic carbocycles. The van der Waals surface area contributed by atoms with E-state index in [0.29, 0.717) is 18.5 Å². The molecule has 0 heterocycles. The Morgan fingerprint density at radius 1 is 0.511 bits per heavy atom. The van der Waals surface area contributed by atoms with Crippen molar-refractivity contribution in [1.82, 2.24) is 0 Å². The van der Waals surface area contributed by atoms with Crippen molar-refractivity contribution >= 4 is 54.0 Å². The summed E-state index contributed by atoms with van der Waals surface area (Å²) in [5.41, 5.74) is 4.29. The second-order valence-corrected chi connectivity index (χ2v) is 18.5. The van der Waals surface area contributed by atoms with E-state index in [4.69, 9.17) is 24.4 Å². The van der Waals surface area contributed by atoms with Gasteiger partial charge in [0.25, 0.3) is 20.2 Å². The molecule has 0 saturated carbocycles. The molecule has 0 atom stereocenters. The maximum atomic E-state index is 11.3. The van der Waals surface area contributed by atoms with Crippen LogP contribution in [0.15, 0.2) is 82.6 Å². The molecule has 0 saturated heterocycles. The summed E-state index contributed by atoms with van der Waals surface area (Å²) < 4.78 is 63.4. The van der Waals surface area contributed by atoms with Gasteiger partial charge in [-0.2, -0.15) is 16.8 Å². The van der Waals surface area contributed by atoms with Crippen molar-refractivity contribution in [2.75, 3.05) is 18.5 Å². The van der Waals surface area contributed by atoms with Crippen LogP contribution in [0.2, 0.25) is 0 Å². The molecule has 0 aromatic heterocycles. The van der Waals surface area contributed by atoms with E-state index in [1.165, 1.54) is 35.4 Å². The van der Waals surface area contributed by atoms with Crippen molar-refractivity contribution in [2.45, 2.75) is 54.5 Å². The van der Waals surface area contributed by atoms with Crippen LogP contribution in [0.1, 0.15) is 41.5 Å². The predicted octanol–water partition coefficient (Wildman–Crippen LogP) is 5.76. The Morgan fingerprint density at radius 3 is 1.04 bits per heavy atom. The van der Waals surface area contributed by atoms with Gasteiger partial charge in [-0.05, 0) is 84.9 Å². The van der Waals surface area contributed by atoms with Crippen molar-refractivity contribution < 1.29 is 55.6 Å². The third-order valence-electron chi connectivity index (χ3n) is 6.71. The van der Waals surface area contributed by atoms with Gasteiger partial charge in [-0.15, -0.1) is 7.92 Å². The summed E-state index contributed by atoms with van der Waals surface area (Å²) in [4.78, 5) is 30.8. The Labute approximate surface area is 276 Å². The summed E-state index contributed by atoms with van der Waals surface area (Å²) in [7, 11) is -9.86. The molecule has 3 aromatic carbocycles. The highest BCUT2D eigenvalue weighted by Gasteiger charge is 2.16. The van der Waals surface area contributed by atoms with Gasteiger partial charge in [0.05, 0.1) is 9.79 Å². The molecule has 0 amide bonds. The highest BCUT2D eigenvalue weighted by atomic mass is 32.2. The molecule has 5 N–H and O–H groups in total. The van der Waals surface area contributed by atoms with E-state index >= 15 is 0 Å². The fourth-order valence-electron chi connectivity index (χ4n) is 4.27. The molecule has 256 valence electrons. The first-order valence-corrected chi connectivity index (χ1v) is 20.9. The maximum absolute atomic E-state index is 11.3. The van der Waals surface area contributed by atoms with Crippen molar-refractivity contribution in [3.8, 4) is 0 Å². The summed E-state index contributed by atoms with van der Waals surface area (Å²) in [6.45, 7) is 2.03. The van der Waals surface area contributed by atoms with E-state index in [1.807, 2.05) is 6.92 Å². The van der Waals surface area contributed by atoms with Crippen LogP contribution in [0.4, 0.5) is 0 Å². The minimum Gasteiger partial charge on any atom is -0.481 e. The van der Waals surface area contributed by atoms with Gasteiger partial charge >= 0.3 is 17.9 Å².